The van der Waals surface area contributed by atoms with Crippen LogP contribution in [0.1, 0.15) is 31.1 Å². The monoisotopic (exact) mass is 499 g/mol. The Balaban J connectivity index is 1.37. The molecular weight excluding hydrogens is 470 g/mol. The Morgan fingerprint density at radius 2 is 1.97 bits per heavy atom. The molecule has 0 unspecified atom stereocenters. The van der Waals surface area contributed by atoms with Crippen molar-refractivity contribution in [2.24, 2.45) is 0 Å². The van der Waals surface area contributed by atoms with Crippen LogP contribution in [0.3, 0.4) is 0 Å². The number of para-hydroxylation sites is 1. The molecule has 4 rings (SSSR count). The van der Waals surface area contributed by atoms with Crippen molar-refractivity contribution in [3.8, 4) is 5.75 Å². The summed E-state index contributed by atoms with van der Waals surface area (Å²) in [4.78, 5) is 3.32. The van der Waals surface area contributed by atoms with Crippen LogP contribution in [-0.4, -0.2) is 37.7 Å². The number of anilines is 1. The van der Waals surface area contributed by atoms with Gasteiger partial charge in [0.05, 0.1) is 18.2 Å². The number of aliphatic hydroxyl groups excluding tert-OH is 1. The first kappa shape index (κ1) is 24.3. The maximum absolute atomic E-state index is 12.5. The number of sulfonamides is 1. The number of benzene rings is 2. The zero-order valence-corrected chi connectivity index (χ0v) is 20.7. The third-order valence-electron chi connectivity index (χ3n) is 5.53. The van der Waals surface area contributed by atoms with Crippen molar-refractivity contribution < 1.29 is 18.3 Å². The van der Waals surface area contributed by atoms with Crippen LogP contribution >= 0.6 is 11.3 Å². The van der Waals surface area contributed by atoms with E-state index in [1.165, 1.54) is 5.56 Å². The highest BCUT2D eigenvalue weighted by Crippen LogP contribution is 2.28. The molecule has 2 heterocycles. The minimum atomic E-state index is -3.63. The Morgan fingerprint density at radius 3 is 2.74 bits per heavy atom. The minimum absolute atomic E-state index is 0.116. The highest BCUT2D eigenvalue weighted by atomic mass is 32.2. The van der Waals surface area contributed by atoms with Gasteiger partial charge in [-0.15, -0.1) is 11.3 Å². The summed E-state index contributed by atoms with van der Waals surface area (Å²) in [5, 5.41) is 16.9. The van der Waals surface area contributed by atoms with Crippen molar-refractivity contribution in [1.29, 1.82) is 0 Å². The van der Waals surface area contributed by atoms with Crippen LogP contribution in [0.15, 0.2) is 70.4 Å². The van der Waals surface area contributed by atoms with Gasteiger partial charge in [0.2, 0.25) is 0 Å². The van der Waals surface area contributed by atoms with E-state index in [9.17, 15) is 13.5 Å². The van der Waals surface area contributed by atoms with Gasteiger partial charge in [0, 0.05) is 29.9 Å². The Hall–Kier alpha value is -2.85. The van der Waals surface area contributed by atoms with Crippen molar-refractivity contribution in [3.05, 3.63) is 77.3 Å². The third kappa shape index (κ3) is 5.61. The van der Waals surface area contributed by atoms with Crippen molar-refractivity contribution in [3.63, 3.8) is 0 Å². The Bertz CT molecular complexity index is 1330. The molecule has 0 saturated carbocycles. The summed E-state index contributed by atoms with van der Waals surface area (Å²) in [6.07, 6.45) is 2.01. The van der Waals surface area contributed by atoms with E-state index in [1.807, 2.05) is 25.3 Å². The number of hydrogen-bond acceptors (Lipinski definition) is 6. The zero-order valence-electron chi connectivity index (χ0n) is 19.1. The molecule has 9 heteroatoms. The Kier molecular flexibility index (Phi) is 7.57. The van der Waals surface area contributed by atoms with Gasteiger partial charge in [-0.1, -0.05) is 30.3 Å². The maximum atomic E-state index is 12.5. The summed E-state index contributed by atoms with van der Waals surface area (Å²) in [7, 11) is -3.63. The second-order valence-corrected chi connectivity index (χ2v) is 11.0. The van der Waals surface area contributed by atoms with E-state index in [4.69, 9.17) is 4.74 Å². The largest absolute Gasteiger partial charge is 0.492 e. The second kappa shape index (κ2) is 10.6. The zero-order chi connectivity index (χ0) is 24.1. The van der Waals surface area contributed by atoms with Gasteiger partial charge < -0.3 is 20.1 Å². The van der Waals surface area contributed by atoms with Crippen LogP contribution in [0.2, 0.25) is 0 Å². The normalized spacial score (nSPS) is 13.6. The molecule has 4 aromatic rings. The SMILES string of the molecule is CCOc1cccc2c(C[C@@H](C)NC[C@H](O)c3cccc(NS(=O)(=O)c4cccs4)c3)c[nH]c12. The molecule has 0 spiro atoms. The van der Waals surface area contributed by atoms with Crippen LogP contribution in [0.5, 0.6) is 5.75 Å². The standard InChI is InChI=1S/C25H29N3O4S2/c1-3-32-23-10-5-9-21-19(15-27-25(21)23)13-17(2)26-16-22(29)18-7-4-8-20(14-18)28-34(30,31)24-11-6-12-33-24/h4-12,14-15,17,22,26-29H,3,13,16H2,1-2H3/t17-,22+/m1/s1. The van der Waals surface area contributed by atoms with Crippen molar-refractivity contribution in [1.82, 2.24) is 10.3 Å². The summed E-state index contributed by atoms with van der Waals surface area (Å²) < 4.78 is 33.5. The highest BCUT2D eigenvalue weighted by Gasteiger charge is 2.17. The molecule has 180 valence electrons. The molecule has 0 amide bonds. The molecule has 0 aliphatic heterocycles. The van der Waals surface area contributed by atoms with E-state index in [-0.39, 0.29) is 10.3 Å². The van der Waals surface area contributed by atoms with Crippen LogP contribution < -0.4 is 14.8 Å². The molecule has 2 aromatic carbocycles. The number of aromatic nitrogens is 1. The summed E-state index contributed by atoms with van der Waals surface area (Å²) >= 11 is 1.16. The van der Waals surface area contributed by atoms with Gasteiger partial charge in [0.25, 0.3) is 10.0 Å². The fourth-order valence-corrected chi connectivity index (χ4v) is 5.94. The van der Waals surface area contributed by atoms with Crippen LogP contribution in [-0.2, 0) is 16.4 Å². The van der Waals surface area contributed by atoms with E-state index in [0.29, 0.717) is 24.4 Å². The number of H-pyrrole nitrogens is 1. The van der Waals surface area contributed by atoms with Crippen molar-refractivity contribution >= 4 is 38.0 Å². The van der Waals surface area contributed by atoms with Gasteiger partial charge in [-0.2, -0.15) is 0 Å². The molecule has 2 aromatic heterocycles. The van der Waals surface area contributed by atoms with Gasteiger partial charge in [0.1, 0.15) is 9.96 Å². The first-order valence-corrected chi connectivity index (χ1v) is 13.5. The predicted molar refractivity (Wildman–Crippen MR) is 137 cm³/mol. The van der Waals surface area contributed by atoms with E-state index in [0.717, 1.165) is 34.4 Å². The third-order valence-corrected chi connectivity index (χ3v) is 8.31. The van der Waals surface area contributed by atoms with E-state index >= 15 is 0 Å². The second-order valence-electron chi connectivity index (χ2n) is 8.12. The van der Waals surface area contributed by atoms with Crippen LogP contribution in [0.25, 0.3) is 10.9 Å². The molecule has 0 bridgehead atoms. The lowest BCUT2D eigenvalue weighted by Crippen LogP contribution is -2.32. The molecule has 0 aliphatic rings. The summed E-state index contributed by atoms with van der Waals surface area (Å²) in [6, 6.07) is 16.2. The average molecular weight is 500 g/mol. The molecule has 4 N–H and O–H groups in total. The number of ether oxygens (including phenoxy) is 1. The molecule has 0 aliphatic carbocycles. The lowest BCUT2D eigenvalue weighted by Gasteiger charge is -2.18. The van der Waals surface area contributed by atoms with Gasteiger partial charge in [0.15, 0.2) is 0 Å². The topological polar surface area (TPSA) is 103 Å². The summed E-state index contributed by atoms with van der Waals surface area (Å²) in [6.45, 7) is 4.99. The first-order chi connectivity index (χ1) is 16.4. The van der Waals surface area contributed by atoms with Crippen LogP contribution in [0, 0.1) is 0 Å². The fourth-order valence-electron chi connectivity index (χ4n) is 3.89. The fraction of sp³-hybridized carbons (Fsp3) is 0.280. The Labute approximate surface area is 203 Å². The highest BCUT2D eigenvalue weighted by molar-refractivity contribution is 7.94. The number of fused-ring (bicyclic) bond motifs is 1. The first-order valence-electron chi connectivity index (χ1n) is 11.2. The summed E-state index contributed by atoms with van der Waals surface area (Å²) in [5.41, 5.74) is 3.23. The quantitative estimate of drug-likeness (QED) is 0.240. The summed E-state index contributed by atoms with van der Waals surface area (Å²) in [5.74, 6) is 0.844. The number of hydrogen-bond donors (Lipinski definition) is 4. The lowest BCUT2D eigenvalue weighted by molar-refractivity contribution is 0.170. The van der Waals surface area contributed by atoms with Crippen LogP contribution in [0.4, 0.5) is 5.69 Å². The molecule has 0 radical (unpaired) electrons. The predicted octanol–water partition coefficient (Wildman–Crippen LogP) is 4.68. The molecule has 7 nitrogen and oxygen atoms in total. The van der Waals surface area contributed by atoms with Gasteiger partial charge in [-0.3, -0.25) is 4.72 Å². The number of thiophene rings is 1. The molecular formula is C25H29N3O4S2. The number of nitrogens with one attached hydrogen (secondary N) is 3. The minimum Gasteiger partial charge on any atom is -0.492 e. The van der Waals surface area contributed by atoms with Crippen molar-refractivity contribution in [2.75, 3.05) is 17.9 Å². The molecule has 34 heavy (non-hydrogen) atoms. The van der Waals surface area contributed by atoms with E-state index in [1.54, 1.807) is 41.8 Å². The maximum Gasteiger partial charge on any atom is 0.271 e. The molecule has 0 fully saturated rings. The average Bonchev–Trinajstić information content (AvgIpc) is 3.49. The molecule has 2 atom stereocenters. The van der Waals surface area contributed by atoms with Gasteiger partial charge in [-0.05, 0) is 61.0 Å². The lowest BCUT2D eigenvalue weighted by atomic mass is 10.0. The van der Waals surface area contributed by atoms with Gasteiger partial charge >= 0.3 is 0 Å². The molecule has 0 saturated heterocycles. The smallest absolute Gasteiger partial charge is 0.271 e. The number of aromatic amines is 1. The van der Waals surface area contributed by atoms with E-state index < -0.39 is 16.1 Å². The Morgan fingerprint density at radius 1 is 1.15 bits per heavy atom. The number of aliphatic hydroxyl groups is 1. The van der Waals surface area contributed by atoms with Gasteiger partial charge in [-0.25, -0.2) is 8.42 Å². The number of rotatable bonds is 11. The van der Waals surface area contributed by atoms with E-state index in [2.05, 4.69) is 28.0 Å². The van der Waals surface area contributed by atoms with Crippen molar-refractivity contribution in [2.45, 2.75) is 36.6 Å².